The van der Waals surface area contributed by atoms with Gasteiger partial charge >= 0.3 is 0 Å². The van der Waals surface area contributed by atoms with Gasteiger partial charge in [-0.2, -0.15) is 5.21 Å². The van der Waals surface area contributed by atoms with Crippen LogP contribution in [0.3, 0.4) is 0 Å². The van der Waals surface area contributed by atoms with Crippen molar-refractivity contribution >= 4 is 0 Å². The summed E-state index contributed by atoms with van der Waals surface area (Å²) in [4.78, 5) is 0. The molecule has 1 atom stereocenters. The molecule has 0 radical (unpaired) electrons. The SMILES string of the molecule is CC(Cc1cccc(O)c1)OCc1nn[nH]n1. The molecule has 0 bridgehead atoms. The highest BCUT2D eigenvalue weighted by atomic mass is 16.5. The van der Waals surface area contributed by atoms with E-state index in [9.17, 15) is 5.11 Å². The zero-order valence-corrected chi connectivity index (χ0v) is 9.50. The first kappa shape index (κ1) is 11.5. The lowest BCUT2D eigenvalue weighted by Crippen LogP contribution is -2.12. The normalized spacial score (nSPS) is 12.5. The highest BCUT2D eigenvalue weighted by molar-refractivity contribution is 5.27. The quantitative estimate of drug-likeness (QED) is 0.808. The third-order valence-electron chi connectivity index (χ3n) is 2.32. The standard InChI is InChI=1S/C11H14N4O2/c1-8(17-7-11-12-14-15-13-11)5-9-3-2-4-10(16)6-9/h2-4,6,8,16H,5,7H2,1H3,(H,12,13,14,15). The Morgan fingerprint density at radius 2 is 2.35 bits per heavy atom. The minimum Gasteiger partial charge on any atom is -0.508 e. The van der Waals surface area contributed by atoms with E-state index in [2.05, 4.69) is 20.6 Å². The van der Waals surface area contributed by atoms with E-state index in [4.69, 9.17) is 4.74 Å². The monoisotopic (exact) mass is 234 g/mol. The van der Waals surface area contributed by atoms with Crippen LogP contribution >= 0.6 is 0 Å². The number of phenols is 1. The predicted molar refractivity (Wildman–Crippen MR) is 60.2 cm³/mol. The fourth-order valence-corrected chi connectivity index (χ4v) is 1.53. The van der Waals surface area contributed by atoms with Crippen molar-refractivity contribution in [2.75, 3.05) is 0 Å². The average molecular weight is 234 g/mol. The van der Waals surface area contributed by atoms with Gasteiger partial charge in [0, 0.05) is 0 Å². The summed E-state index contributed by atoms with van der Waals surface area (Å²) < 4.78 is 5.56. The molecule has 2 N–H and O–H groups in total. The van der Waals surface area contributed by atoms with Gasteiger partial charge in [-0.15, -0.1) is 10.2 Å². The van der Waals surface area contributed by atoms with Crippen molar-refractivity contribution in [1.29, 1.82) is 0 Å². The lowest BCUT2D eigenvalue weighted by Gasteiger charge is -2.11. The molecular weight excluding hydrogens is 220 g/mol. The molecule has 0 saturated heterocycles. The van der Waals surface area contributed by atoms with Gasteiger partial charge in [0.1, 0.15) is 12.4 Å². The zero-order valence-electron chi connectivity index (χ0n) is 9.50. The summed E-state index contributed by atoms with van der Waals surface area (Å²) in [5, 5.41) is 22.7. The highest BCUT2D eigenvalue weighted by Crippen LogP contribution is 2.13. The van der Waals surface area contributed by atoms with Crippen LogP contribution in [0.4, 0.5) is 0 Å². The summed E-state index contributed by atoms with van der Waals surface area (Å²) in [6.07, 6.45) is 0.752. The molecule has 0 amide bonds. The molecule has 0 saturated carbocycles. The lowest BCUT2D eigenvalue weighted by molar-refractivity contribution is 0.0494. The van der Waals surface area contributed by atoms with Gasteiger partial charge in [-0.1, -0.05) is 17.3 Å². The number of ether oxygens (including phenoxy) is 1. The first-order chi connectivity index (χ1) is 8.24. The molecule has 0 aliphatic rings. The molecule has 1 aromatic carbocycles. The molecule has 17 heavy (non-hydrogen) atoms. The topological polar surface area (TPSA) is 83.9 Å². The molecular formula is C11H14N4O2. The second-order valence-electron chi connectivity index (χ2n) is 3.82. The number of hydrogen-bond donors (Lipinski definition) is 2. The van der Waals surface area contributed by atoms with Gasteiger partial charge in [-0.05, 0) is 31.0 Å². The Kier molecular flexibility index (Phi) is 3.66. The molecule has 6 nitrogen and oxygen atoms in total. The van der Waals surface area contributed by atoms with Gasteiger partial charge < -0.3 is 9.84 Å². The van der Waals surface area contributed by atoms with Crippen LogP contribution in [0.1, 0.15) is 18.3 Å². The third kappa shape index (κ3) is 3.53. The number of H-pyrrole nitrogens is 1. The van der Waals surface area contributed by atoms with E-state index >= 15 is 0 Å². The number of nitrogens with one attached hydrogen (secondary N) is 1. The summed E-state index contributed by atoms with van der Waals surface area (Å²) in [6, 6.07) is 7.15. The molecule has 90 valence electrons. The molecule has 0 fully saturated rings. The Hall–Kier alpha value is -1.95. The lowest BCUT2D eigenvalue weighted by atomic mass is 10.1. The summed E-state index contributed by atoms with van der Waals surface area (Å²) in [6.45, 7) is 2.29. The number of phenolic OH excluding ortho intramolecular Hbond substituents is 1. The van der Waals surface area contributed by atoms with Crippen LogP contribution in [0.15, 0.2) is 24.3 Å². The Bertz CT molecular complexity index is 458. The van der Waals surface area contributed by atoms with E-state index in [1.54, 1.807) is 12.1 Å². The van der Waals surface area contributed by atoms with Crippen LogP contribution in [-0.4, -0.2) is 31.8 Å². The van der Waals surface area contributed by atoms with Crippen LogP contribution in [0.25, 0.3) is 0 Å². The van der Waals surface area contributed by atoms with Crippen molar-refractivity contribution in [3.8, 4) is 5.75 Å². The van der Waals surface area contributed by atoms with Crippen LogP contribution < -0.4 is 0 Å². The highest BCUT2D eigenvalue weighted by Gasteiger charge is 2.06. The fourth-order valence-electron chi connectivity index (χ4n) is 1.53. The Balaban J connectivity index is 1.83. The van der Waals surface area contributed by atoms with Gasteiger partial charge in [0.2, 0.25) is 0 Å². The second kappa shape index (κ2) is 5.40. The van der Waals surface area contributed by atoms with Gasteiger partial charge in [-0.25, -0.2) is 0 Å². The summed E-state index contributed by atoms with van der Waals surface area (Å²) in [7, 11) is 0. The molecule has 2 rings (SSSR count). The first-order valence-corrected chi connectivity index (χ1v) is 5.36. The molecule has 0 aliphatic carbocycles. The third-order valence-corrected chi connectivity index (χ3v) is 2.32. The Labute approximate surface area is 98.6 Å². The van der Waals surface area contributed by atoms with Crippen LogP contribution in [0.2, 0.25) is 0 Å². The van der Waals surface area contributed by atoms with E-state index in [1.807, 2.05) is 19.1 Å². The van der Waals surface area contributed by atoms with Crippen molar-refractivity contribution in [3.63, 3.8) is 0 Å². The zero-order chi connectivity index (χ0) is 12.1. The molecule has 6 heteroatoms. The van der Waals surface area contributed by atoms with E-state index in [1.165, 1.54) is 0 Å². The maximum Gasteiger partial charge on any atom is 0.200 e. The van der Waals surface area contributed by atoms with Gasteiger partial charge in [0.25, 0.3) is 0 Å². The van der Waals surface area contributed by atoms with Crippen LogP contribution in [-0.2, 0) is 17.8 Å². The molecule has 0 spiro atoms. The number of aromatic amines is 1. The van der Waals surface area contributed by atoms with Crippen molar-refractivity contribution in [2.45, 2.75) is 26.1 Å². The first-order valence-electron chi connectivity index (χ1n) is 5.36. The molecule has 1 heterocycles. The van der Waals surface area contributed by atoms with Crippen molar-refractivity contribution < 1.29 is 9.84 Å². The van der Waals surface area contributed by atoms with Gasteiger partial charge in [-0.3, -0.25) is 0 Å². The molecule has 2 aromatic rings. The maximum atomic E-state index is 9.33. The number of benzene rings is 1. The Morgan fingerprint density at radius 3 is 3.06 bits per heavy atom. The van der Waals surface area contributed by atoms with Crippen molar-refractivity contribution in [1.82, 2.24) is 20.6 Å². The number of rotatable bonds is 5. The summed E-state index contributed by atoms with van der Waals surface area (Å²) >= 11 is 0. The maximum absolute atomic E-state index is 9.33. The van der Waals surface area contributed by atoms with Gasteiger partial charge in [0.15, 0.2) is 5.82 Å². The van der Waals surface area contributed by atoms with Crippen molar-refractivity contribution in [2.24, 2.45) is 0 Å². The molecule has 0 aliphatic heterocycles. The van der Waals surface area contributed by atoms with Crippen LogP contribution in [0, 0.1) is 0 Å². The number of nitrogens with zero attached hydrogens (tertiary/aromatic N) is 3. The van der Waals surface area contributed by atoms with E-state index in [-0.39, 0.29) is 11.9 Å². The largest absolute Gasteiger partial charge is 0.508 e. The number of hydrogen-bond acceptors (Lipinski definition) is 5. The van der Waals surface area contributed by atoms with E-state index in [0.29, 0.717) is 12.4 Å². The predicted octanol–water partition coefficient (Wildman–Crippen LogP) is 1.05. The summed E-state index contributed by atoms with van der Waals surface area (Å²) in [5.41, 5.74) is 1.03. The van der Waals surface area contributed by atoms with E-state index in [0.717, 1.165) is 12.0 Å². The summed E-state index contributed by atoms with van der Waals surface area (Å²) in [5.74, 6) is 0.806. The minimum absolute atomic E-state index is 0.0234. The molecule has 1 unspecified atom stereocenters. The van der Waals surface area contributed by atoms with Crippen molar-refractivity contribution in [3.05, 3.63) is 35.7 Å². The minimum atomic E-state index is 0.0234. The number of tetrazole rings is 1. The number of aromatic hydroxyl groups is 1. The average Bonchev–Trinajstić information content (AvgIpc) is 2.79. The Morgan fingerprint density at radius 1 is 1.47 bits per heavy atom. The number of aromatic nitrogens is 4. The smallest absolute Gasteiger partial charge is 0.200 e. The second-order valence-corrected chi connectivity index (χ2v) is 3.82. The van der Waals surface area contributed by atoms with Crippen LogP contribution in [0.5, 0.6) is 5.75 Å². The fraction of sp³-hybridized carbons (Fsp3) is 0.364. The van der Waals surface area contributed by atoms with Gasteiger partial charge in [0.05, 0.1) is 6.10 Å². The van der Waals surface area contributed by atoms with E-state index < -0.39 is 0 Å². The molecule has 1 aromatic heterocycles.